The van der Waals surface area contributed by atoms with Crippen LogP contribution in [0.15, 0.2) is 36.5 Å². The summed E-state index contributed by atoms with van der Waals surface area (Å²) in [7, 11) is 1.30. The van der Waals surface area contributed by atoms with Gasteiger partial charge < -0.3 is 14.6 Å². The molecule has 0 bridgehead atoms. The predicted octanol–water partition coefficient (Wildman–Crippen LogP) is 2.83. The van der Waals surface area contributed by atoms with Gasteiger partial charge in [-0.1, -0.05) is 18.2 Å². The fraction of sp³-hybridized carbons (Fsp3) is 0.188. The number of nitrogens with one attached hydrogen (secondary N) is 1. The molecule has 0 aliphatic carbocycles. The van der Waals surface area contributed by atoms with E-state index in [1.165, 1.54) is 18.4 Å². The number of anilines is 1. The molecule has 2 aromatic heterocycles. The van der Waals surface area contributed by atoms with Crippen molar-refractivity contribution in [1.82, 2.24) is 9.55 Å². The van der Waals surface area contributed by atoms with E-state index in [1.54, 1.807) is 6.92 Å². The largest absolute Gasteiger partial charge is 0.464 e. The lowest BCUT2D eigenvalue weighted by Gasteiger charge is -2.05. The predicted molar refractivity (Wildman–Crippen MR) is 88.8 cm³/mol. The van der Waals surface area contributed by atoms with Crippen LogP contribution in [0.3, 0.4) is 0 Å². The third kappa shape index (κ3) is 3.09. The lowest BCUT2D eigenvalue weighted by molar-refractivity contribution is -0.116. The molecule has 0 fully saturated rings. The number of amides is 1. The quantitative estimate of drug-likeness (QED) is 0.747. The van der Waals surface area contributed by atoms with Crippen LogP contribution in [0.4, 0.5) is 5.13 Å². The minimum absolute atomic E-state index is 0.180. The van der Waals surface area contributed by atoms with Crippen molar-refractivity contribution in [2.45, 2.75) is 13.5 Å². The molecule has 1 aromatic carbocycles. The number of thiazole rings is 1. The van der Waals surface area contributed by atoms with Gasteiger partial charge in [-0.2, -0.15) is 0 Å². The number of carbonyl (C=O) groups is 2. The summed E-state index contributed by atoms with van der Waals surface area (Å²) < 4.78 is 6.52. The standard InChI is InChI=1S/C16H15N3O3S/c1-10-14(15(21)22-2)18-16(23-10)17-13(20)9-19-8-7-11-5-3-4-6-12(11)19/h3-8H,9H2,1-2H3,(H,17,18,20). The van der Waals surface area contributed by atoms with Crippen LogP contribution in [0.5, 0.6) is 0 Å². The molecule has 0 spiro atoms. The maximum atomic E-state index is 12.2. The van der Waals surface area contributed by atoms with Crippen molar-refractivity contribution in [3.8, 4) is 0 Å². The van der Waals surface area contributed by atoms with Gasteiger partial charge in [-0.25, -0.2) is 9.78 Å². The molecule has 1 N–H and O–H groups in total. The average Bonchev–Trinajstić information content (AvgIpc) is 3.10. The summed E-state index contributed by atoms with van der Waals surface area (Å²) >= 11 is 1.25. The Morgan fingerprint density at radius 2 is 2.09 bits per heavy atom. The van der Waals surface area contributed by atoms with Gasteiger partial charge in [-0.15, -0.1) is 11.3 Å². The average molecular weight is 329 g/mol. The number of fused-ring (bicyclic) bond motifs is 1. The number of hydrogen-bond acceptors (Lipinski definition) is 5. The van der Waals surface area contributed by atoms with Gasteiger partial charge in [-0.3, -0.25) is 4.79 Å². The lowest BCUT2D eigenvalue weighted by Crippen LogP contribution is -2.18. The van der Waals surface area contributed by atoms with Gasteiger partial charge in [0.25, 0.3) is 0 Å². The van der Waals surface area contributed by atoms with Crippen molar-refractivity contribution >= 4 is 39.2 Å². The molecule has 2 heterocycles. The third-order valence-corrected chi connectivity index (χ3v) is 4.30. The minimum atomic E-state index is -0.504. The molecule has 0 unspecified atom stereocenters. The number of benzene rings is 1. The van der Waals surface area contributed by atoms with Crippen LogP contribution >= 0.6 is 11.3 Å². The number of para-hydroxylation sites is 1. The van der Waals surface area contributed by atoms with Crippen LogP contribution < -0.4 is 5.32 Å². The summed E-state index contributed by atoms with van der Waals surface area (Å²) in [6, 6.07) is 9.82. The summed E-state index contributed by atoms with van der Waals surface area (Å²) in [6.07, 6.45) is 1.87. The number of rotatable bonds is 4. The molecule has 0 radical (unpaired) electrons. The van der Waals surface area contributed by atoms with Gasteiger partial charge in [0.05, 0.1) is 7.11 Å². The molecular weight excluding hydrogens is 314 g/mol. The van der Waals surface area contributed by atoms with Gasteiger partial charge in [0.2, 0.25) is 5.91 Å². The normalized spacial score (nSPS) is 10.7. The number of ether oxygens (including phenoxy) is 1. The molecule has 1 amide bonds. The Morgan fingerprint density at radius 3 is 2.87 bits per heavy atom. The number of methoxy groups -OCH3 is 1. The molecule has 3 aromatic rings. The molecule has 0 atom stereocenters. The summed E-state index contributed by atoms with van der Waals surface area (Å²) in [6.45, 7) is 1.94. The molecule has 0 saturated heterocycles. The Morgan fingerprint density at radius 1 is 1.30 bits per heavy atom. The first-order valence-corrected chi connectivity index (χ1v) is 7.79. The number of aromatic nitrogens is 2. The maximum Gasteiger partial charge on any atom is 0.357 e. The Bertz CT molecular complexity index is 882. The van der Waals surface area contributed by atoms with E-state index in [-0.39, 0.29) is 18.1 Å². The number of aryl methyl sites for hydroxylation is 1. The SMILES string of the molecule is COC(=O)c1nc(NC(=O)Cn2ccc3ccccc32)sc1C. The molecule has 6 nitrogen and oxygen atoms in total. The van der Waals surface area contributed by atoms with E-state index in [4.69, 9.17) is 0 Å². The number of esters is 1. The zero-order chi connectivity index (χ0) is 16.4. The topological polar surface area (TPSA) is 73.2 Å². The van der Waals surface area contributed by atoms with Crippen molar-refractivity contribution in [1.29, 1.82) is 0 Å². The highest BCUT2D eigenvalue weighted by Gasteiger charge is 2.17. The zero-order valence-electron chi connectivity index (χ0n) is 12.7. The highest BCUT2D eigenvalue weighted by molar-refractivity contribution is 7.16. The smallest absolute Gasteiger partial charge is 0.357 e. The monoisotopic (exact) mass is 329 g/mol. The fourth-order valence-electron chi connectivity index (χ4n) is 2.33. The van der Waals surface area contributed by atoms with Crippen molar-refractivity contribution in [2.24, 2.45) is 0 Å². The minimum Gasteiger partial charge on any atom is -0.464 e. The fourth-order valence-corrected chi connectivity index (χ4v) is 3.15. The Hall–Kier alpha value is -2.67. The first-order valence-electron chi connectivity index (χ1n) is 6.98. The Kier molecular flexibility index (Phi) is 4.12. The second-order valence-electron chi connectivity index (χ2n) is 4.97. The van der Waals surface area contributed by atoms with E-state index >= 15 is 0 Å². The van der Waals surface area contributed by atoms with Crippen LogP contribution in [0.1, 0.15) is 15.4 Å². The highest BCUT2D eigenvalue weighted by Crippen LogP contribution is 2.23. The number of carbonyl (C=O) groups excluding carboxylic acids is 2. The van der Waals surface area contributed by atoms with Crippen LogP contribution in [0.2, 0.25) is 0 Å². The van der Waals surface area contributed by atoms with E-state index in [0.29, 0.717) is 10.0 Å². The Balaban J connectivity index is 1.74. The van der Waals surface area contributed by atoms with Crippen molar-refractivity contribution < 1.29 is 14.3 Å². The molecule has 0 aliphatic rings. The first kappa shape index (κ1) is 15.2. The van der Waals surface area contributed by atoms with Crippen LogP contribution in [-0.4, -0.2) is 28.5 Å². The molecule has 0 aliphatic heterocycles. The first-order chi connectivity index (χ1) is 11.1. The van der Waals surface area contributed by atoms with Gasteiger partial charge in [-0.05, 0) is 24.4 Å². The summed E-state index contributed by atoms with van der Waals surface area (Å²) in [5.74, 6) is -0.702. The van der Waals surface area contributed by atoms with E-state index in [1.807, 2.05) is 41.1 Å². The maximum absolute atomic E-state index is 12.2. The Labute approximate surface area is 136 Å². The molecule has 118 valence electrons. The summed E-state index contributed by atoms with van der Waals surface area (Å²) in [5.41, 5.74) is 1.23. The second kappa shape index (κ2) is 6.21. The molecule has 23 heavy (non-hydrogen) atoms. The lowest BCUT2D eigenvalue weighted by atomic mass is 10.2. The van der Waals surface area contributed by atoms with Gasteiger partial charge in [0, 0.05) is 16.6 Å². The van der Waals surface area contributed by atoms with Gasteiger partial charge >= 0.3 is 5.97 Å². The third-order valence-electron chi connectivity index (χ3n) is 3.42. The van der Waals surface area contributed by atoms with Crippen molar-refractivity contribution in [3.05, 3.63) is 47.1 Å². The van der Waals surface area contributed by atoms with Gasteiger partial charge in [0.15, 0.2) is 10.8 Å². The van der Waals surface area contributed by atoms with Crippen LogP contribution in [-0.2, 0) is 16.1 Å². The zero-order valence-corrected chi connectivity index (χ0v) is 13.5. The van der Waals surface area contributed by atoms with E-state index in [2.05, 4.69) is 15.0 Å². The van der Waals surface area contributed by atoms with E-state index in [9.17, 15) is 9.59 Å². The number of hydrogen-bond donors (Lipinski definition) is 1. The summed E-state index contributed by atoms with van der Waals surface area (Å²) in [5, 5.41) is 4.20. The van der Waals surface area contributed by atoms with E-state index in [0.717, 1.165) is 10.9 Å². The van der Waals surface area contributed by atoms with Crippen LogP contribution in [0.25, 0.3) is 10.9 Å². The summed E-state index contributed by atoms with van der Waals surface area (Å²) in [4.78, 5) is 28.6. The molecule has 3 rings (SSSR count). The van der Waals surface area contributed by atoms with Crippen molar-refractivity contribution in [3.63, 3.8) is 0 Å². The highest BCUT2D eigenvalue weighted by atomic mass is 32.1. The molecule has 0 saturated carbocycles. The molecule has 7 heteroatoms. The van der Waals surface area contributed by atoms with Crippen molar-refractivity contribution in [2.75, 3.05) is 12.4 Å². The van der Waals surface area contributed by atoms with E-state index < -0.39 is 5.97 Å². The van der Waals surface area contributed by atoms with Crippen LogP contribution in [0, 0.1) is 6.92 Å². The van der Waals surface area contributed by atoms with Gasteiger partial charge in [0.1, 0.15) is 6.54 Å². The second-order valence-corrected chi connectivity index (χ2v) is 6.17. The number of nitrogens with zero attached hydrogens (tertiary/aromatic N) is 2. The molecular formula is C16H15N3O3S.